The van der Waals surface area contributed by atoms with Gasteiger partial charge in [0.1, 0.15) is 12.4 Å². The Hall–Kier alpha value is -2.93. The van der Waals surface area contributed by atoms with E-state index in [4.69, 9.17) is 9.47 Å². The lowest BCUT2D eigenvalue weighted by molar-refractivity contribution is -0.143. The number of rotatable bonds is 8. The predicted molar refractivity (Wildman–Crippen MR) is 108 cm³/mol. The van der Waals surface area contributed by atoms with E-state index in [-0.39, 0.29) is 31.1 Å². The maximum Gasteiger partial charge on any atom is 0.260 e. The average molecular weight is 397 g/mol. The fraction of sp³-hybridized carbons (Fsp3) is 0.409. The van der Waals surface area contributed by atoms with Gasteiger partial charge in [0, 0.05) is 45.2 Å². The van der Waals surface area contributed by atoms with Gasteiger partial charge in [0.25, 0.3) is 5.91 Å². The van der Waals surface area contributed by atoms with Gasteiger partial charge in [-0.25, -0.2) is 0 Å². The van der Waals surface area contributed by atoms with Crippen LogP contribution in [0.4, 0.5) is 0 Å². The summed E-state index contributed by atoms with van der Waals surface area (Å²) in [6.45, 7) is 1.62. The minimum Gasteiger partial charge on any atom is -0.484 e. The van der Waals surface area contributed by atoms with Gasteiger partial charge in [-0.15, -0.1) is 0 Å². The van der Waals surface area contributed by atoms with Crippen LogP contribution in [0.2, 0.25) is 0 Å². The van der Waals surface area contributed by atoms with Crippen molar-refractivity contribution < 1.29 is 19.1 Å². The number of amides is 2. The second-order valence-electron chi connectivity index (χ2n) is 7.05. The molecule has 0 aliphatic carbocycles. The van der Waals surface area contributed by atoms with E-state index in [1.165, 1.54) is 7.11 Å². The molecule has 0 N–H and O–H groups in total. The number of pyridine rings is 1. The molecule has 1 aromatic heterocycles. The minimum atomic E-state index is -0.0869. The molecule has 1 fully saturated rings. The molecule has 7 nitrogen and oxygen atoms in total. The zero-order chi connectivity index (χ0) is 20.5. The first-order chi connectivity index (χ1) is 14.2. The fourth-order valence-electron chi connectivity index (χ4n) is 3.50. The number of ether oxygens (including phenoxy) is 2. The number of likely N-dealkylation sites (tertiary alicyclic amines) is 1. The summed E-state index contributed by atoms with van der Waals surface area (Å²) < 4.78 is 10.7. The largest absolute Gasteiger partial charge is 0.484 e. The Bertz CT molecular complexity index is 785. The second-order valence-corrected chi connectivity index (χ2v) is 7.05. The molecule has 7 heteroatoms. The summed E-state index contributed by atoms with van der Waals surface area (Å²) in [5.41, 5.74) is 0.952. The Morgan fingerprint density at radius 2 is 2.00 bits per heavy atom. The van der Waals surface area contributed by atoms with Crippen molar-refractivity contribution in [2.24, 2.45) is 0 Å². The lowest BCUT2D eigenvalue weighted by Gasteiger charge is -2.39. The maximum absolute atomic E-state index is 12.7. The van der Waals surface area contributed by atoms with Crippen molar-refractivity contribution in [3.63, 3.8) is 0 Å². The molecule has 29 heavy (non-hydrogen) atoms. The average Bonchev–Trinajstić information content (AvgIpc) is 2.77. The lowest BCUT2D eigenvalue weighted by atomic mass is 10.0. The van der Waals surface area contributed by atoms with Gasteiger partial charge >= 0.3 is 0 Å². The van der Waals surface area contributed by atoms with Crippen LogP contribution in [0.5, 0.6) is 5.75 Å². The van der Waals surface area contributed by atoms with Gasteiger partial charge in [-0.1, -0.05) is 24.3 Å². The molecule has 0 bridgehead atoms. The minimum absolute atomic E-state index is 0.00858. The molecule has 3 rings (SSSR count). The van der Waals surface area contributed by atoms with Crippen LogP contribution >= 0.6 is 0 Å². The highest BCUT2D eigenvalue weighted by molar-refractivity contribution is 5.79. The second kappa shape index (κ2) is 10.6. The van der Waals surface area contributed by atoms with Gasteiger partial charge in [0.05, 0.1) is 0 Å². The SMILES string of the molecule is COCC(=O)N(Cc1cccnc1)C1CCCN(C(=O)COc2ccccc2)C1. The van der Waals surface area contributed by atoms with Crippen molar-refractivity contribution in [1.29, 1.82) is 0 Å². The summed E-state index contributed by atoms with van der Waals surface area (Å²) in [4.78, 5) is 33.1. The molecule has 2 heterocycles. The molecule has 1 unspecified atom stereocenters. The number of nitrogens with zero attached hydrogens (tertiary/aromatic N) is 3. The van der Waals surface area contributed by atoms with E-state index in [2.05, 4.69) is 4.98 Å². The van der Waals surface area contributed by atoms with Crippen molar-refractivity contribution in [2.45, 2.75) is 25.4 Å². The van der Waals surface area contributed by atoms with Crippen LogP contribution in [-0.2, 0) is 20.9 Å². The van der Waals surface area contributed by atoms with Crippen molar-refractivity contribution in [2.75, 3.05) is 33.4 Å². The number of carbonyl (C=O) groups is 2. The fourth-order valence-corrected chi connectivity index (χ4v) is 3.50. The van der Waals surface area contributed by atoms with Crippen LogP contribution in [0, 0.1) is 0 Å². The van der Waals surface area contributed by atoms with Gasteiger partial charge in [0.15, 0.2) is 6.61 Å². The standard InChI is InChI=1S/C22H27N3O4/c1-28-16-22(27)25(14-18-7-5-11-23-13-18)19-8-6-12-24(15-19)21(26)17-29-20-9-3-2-4-10-20/h2-5,7,9-11,13,19H,6,8,12,14-17H2,1H3. The molecule has 1 aliphatic rings. The smallest absolute Gasteiger partial charge is 0.260 e. The Morgan fingerprint density at radius 1 is 1.17 bits per heavy atom. The molecular formula is C22H27N3O4. The predicted octanol–water partition coefficient (Wildman–Crippen LogP) is 2.13. The quantitative estimate of drug-likeness (QED) is 0.682. The number of piperidine rings is 1. The van der Waals surface area contributed by atoms with Crippen molar-refractivity contribution in [1.82, 2.24) is 14.8 Å². The number of hydrogen-bond acceptors (Lipinski definition) is 5. The summed E-state index contributed by atoms with van der Waals surface area (Å²) in [5, 5.41) is 0. The number of para-hydroxylation sites is 1. The van der Waals surface area contributed by atoms with E-state index in [1.54, 1.807) is 22.2 Å². The monoisotopic (exact) mass is 397 g/mol. The summed E-state index contributed by atoms with van der Waals surface area (Å²) in [5.74, 6) is 0.512. The van der Waals surface area contributed by atoms with Crippen molar-refractivity contribution in [3.05, 3.63) is 60.4 Å². The van der Waals surface area contributed by atoms with Crippen molar-refractivity contribution >= 4 is 11.8 Å². The molecule has 154 valence electrons. The van der Waals surface area contributed by atoms with Crippen LogP contribution in [-0.4, -0.2) is 66.1 Å². The van der Waals surface area contributed by atoms with E-state index in [0.717, 1.165) is 18.4 Å². The van der Waals surface area contributed by atoms with E-state index in [0.29, 0.717) is 25.4 Å². The molecule has 1 aromatic carbocycles. The highest BCUT2D eigenvalue weighted by Crippen LogP contribution is 2.19. The van der Waals surface area contributed by atoms with E-state index in [9.17, 15) is 9.59 Å². The van der Waals surface area contributed by atoms with E-state index in [1.807, 2.05) is 42.5 Å². The zero-order valence-corrected chi connectivity index (χ0v) is 16.7. The maximum atomic E-state index is 12.7. The van der Waals surface area contributed by atoms with Crippen molar-refractivity contribution in [3.8, 4) is 5.75 Å². The normalized spacial score (nSPS) is 16.3. The highest BCUT2D eigenvalue weighted by atomic mass is 16.5. The van der Waals surface area contributed by atoms with Crippen LogP contribution in [0.3, 0.4) is 0 Å². The molecule has 0 saturated carbocycles. The van der Waals surface area contributed by atoms with E-state index < -0.39 is 0 Å². The van der Waals surface area contributed by atoms with Crippen LogP contribution in [0.15, 0.2) is 54.9 Å². The molecule has 1 aliphatic heterocycles. The molecule has 1 saturated heterocycles. The number of carbonyl (C=O) groups excluding carboxylic acids is 2. The first kappa shape index (κ1) is 20.8. The molecule has 1 atom stereocenters. The first-order valence-electron chi connectivity index (χ1n) is 9.80. The Morgan fingerprint density at radius 3 is 2.72 bits per heavy atom. The van der Waals surface area contributed by atoms with Crippen LogP contribution < -0.4 is 4.74 Å². The molecule has 0 spiro atoms. The summed E-state index contributed by atoms with van der Waals surface area (Å²) >= 11 is 0. The molecule has 2 amide bonds. The Balaban J connectivity index is 1.63. The van der Waals surface area contributed by atoms with Gasteiger partial charge < -0.3 is 19.3 Å². The third-order valence-electron chi connectivity index (χ3n) is 4.96. The van der Waals surface area contributed by atoms with Crippen LogP contribution in [0.25, 0.3) is 0 Å². The lowest BCUT2D eigenvalue weighted by Crippen LogP contribution is -2.52. The highest BCUT2D eigenvalue weighted by Gasteiger charge is 2.30. The van der Waals surface area contributed by atoms with E-state index >= 15 is 0 Å². The summed E-state index contributed by atoms with van der Waals surface area (Å²) in [6.07, 6.45) is 5.15. The third-order valence-corrected chi connectivity index (χ3v) is 4.96. The topological polar surface area (TPSA) is 72.0 Å². The first-order valence-corrected chi connectivity index (χ1v) is 9.80. The Kier molecular flexibility index (Phi) is 7.58. The van der Waals surface area contributed by atoms with Gasteiger partial charge in [0.2, 0.25) is 5.91 Å². The van der Waals surface area contributed by atoms with Gasteiger partial charge in [-0.05, 0) is 36.6 Å². The van der Waals surface area contributed by atoms with Gasteiger partial charge in [-0.2, -0.15) is 0 Å². The number of methoxy groups -OCH3 is 1. The number of benzene rings is 1. The Labute approximate surface area is 171 Å². The summed E-state index contributed by atoms with van der Waals surface area (Å²) in [7, 11) is 1.51. The zero-order valence-electron chi connectivity index (χ0n) is 16.7. The third kappa shape index (κ3) is 6.02. The van der Waals surface area contributed by atoms with Gasteiger partial charge in [-0.3, -0.25) is 14.6 Å². The summed E-state index contributed by atoms with van der Waals surface area (Å²) in [6, 6.07) is 13.0. The van der Waals surface area contributed by atoms with Crippen LogP contribution in [0.1, 0.15) is 18.4 Å². The molecule has 2 aromatic rings. The molecular weight excluding hydrogens is 370 g/mol. The number of aromatic nitrogens is 1. The molecule has 0 radical (unpaired) electrons. The number of hydrogen-bond donors (Lipinski definition) is 0.